The van der Waals surface area contributed by atoms with E-state index in [-0.39, 0.29) is 21.4 Å². The average molecular weight is 403 g/mol. The zero-order valence-corrected chi connectivity index (χ0v) is 15.4. The molecule has 1 N–H and O–H groups in total. The number of fused-ring (bicyclic) bond motifs is 1. The van der Waals surface area contributed by atoms with Crippen LogP contribution in [0.25, 0.3) is 11.0 Å². The molecule has 27 heavy (non-hydrogen) atoms. The van der Waals surface area contributed by atoms with E-state index in [0.29, 0.717) is 11.3 Å². The minimum absolute atomic E-state index is 0.0701. The van der Waals surface area contributed by atoms with Crippen molar-refractivity contribution in [3.8, 4) is 17.2 Å². The normalized spacial score (nSPS) is 12.8. The molecule has 11 heteroatoms. The Labute approximate surface area is 152 Å². The quantitative estimate of drug-likeness (QED) is 0.637. The van der Waals surface area contributed by atoms with E-state index in [2.05, 4.69) is 19.7 Å². The average Bonchev–Trinajstić information content (AvgIpc) is 3.03. The molecule has 7 nitrogen and oxygen atoms in total. The lowest BCUT2D eigenvalue weighted by Crippen LogP contribution is -2.17. The number of ether oxygens (including phenoxy) is 3. The molecule has 0 atom stereocenters. The second kappa shape index (κ2) is 6.72. The van der Waals surface area contributed by atoms with Crippen LogP contribution >= 0.6 is 0 Å². The smallest absolute Gasteiger partial charge is 0.493 e. The number of nitrogens with one attached hydrogen (secondary N) is 1. The van der Waals surface area contributed by atoms with Crippen molar-refractivity contribution in [2.45, 2.75) is 16.5 Å². The summed E-state index contributed by atoms with van der Waals surface area (Å²) in [7, 11) is -0.539. The molecule has 3 rings (SSSR count). The maximum absolute atomic E-state index is 13.4. The summed E-state index contributed by atoms with van der Waals surface area (Å²) in [4.78, 5) is 11.2. The van der Waals surface area contributed by atoms with Crippen LogP contribution in [0.3, 0.4) is 0 Å². The van der Waals surface area contributed by atoms with Crippen LogP contribution in [0.4, 0.5) is 13.2 Å². The number of alkyl halides is 3. The first-order chi connectivity index (χ1) is 12.7. The van der Waals surface area contributed by atoms with Gasteiger partial charge in [-0.25, -0.2) is 9.97 Å². The number of pyridine rings is 1. The number of nitrogens with zero attached hydrogens (tertiary/aromatic N) is 2. The second-order valence-corrected chi connectivity index (χ2v) is 8.28. The maximum Gasteiger partial charge on any atom is 0.573 e. The molecule has 1 aromatic carbocycles. The molecule has 0 aliphatic rings. The zero-order chi connectivity index (χ0) is 19.8. The van der Waals surface area contributed by atoms with Gasteiger partial charge < -0.3 is 19.2 Å². The Morgan fingerprint density at radius 3 is 2.52 bits per heavy atom. The number of thiol groups is 1. The molecule has 0 aliphatic heterocycles. The summed E-state index contributed by atoms with van der Waals surface area (Å²) in [5, 5.41) is 0.205. The van der Waals surface area contributed by atoms with Crippen molar-refractivity contribution in [1.29, 1.82) is 0 Å². The number of aromatic nitrogens is 3. The van der Waals surface area contributed by atoms with Crippen molar-refractivity contribution in [2.75, 3.05) is 20.5 Å². The maximum atomic E-state index is 13.4. The summed E-state index contributed by atoms with van der Waals surface area (Å²) < 4.78 is 64.9. The molecule has 0 aliphatic carbocycles. The van der Waals surface area contributed by atoms with Crippen LogP contribution < -0.4 is 14.2 Å². The predicted molar refractivity (Wildman–Crippen MR) is 92.1 cm³/mol. The van der Waals surface area contributed by atoms with Crippen LogP contribution in [0.15, 0.2) is 40.6 Å². The van der Waals surface area contributed by atoms with Crippen molar-refractivity contribution >= 4 is 21.0 Å². The Kier molecular flexibility index (Phi) is 4.72. The summed E-state index contributed by atoms with van der Waals surface area (Å²) in [5.41, 5.74) is 0.583. The molecule has 2 aromatic heterocycles. The number of benzene rings is 1. The van der Waals surface area contributed by atoms with Crippen LogP contribution in [-0.2, 0) is 9.93 Å². The van der Waals surface area contributed by atoms with Crippen molar-refractivity contribution < 1.29 is 31.6 Å². The third-order valence-electron chi connectivity index (χ3n) is 3.76. The van der Waals surface area contributed by atoms with Crippen LogP contribution in [0.1, 0.15) is 0 Å². The molecule has 0 saturated heterocycles. The van der Waals surface area contributed by atoms with E-state index >= 15 is 0 Å². The molecule has 0 radical (unpaired) electrons. The monoisotopic (exact) mass is 403 g/mol. The van der Waals surface area contributed by atoms with Gasteiger partial charge in [0.25, 0.3) is 0 Å². The zero-order valence-electron chi connectivity index (χ0n) is 14.5. The molecule has 0 unspecified atom stereocenters. The predicted octanol–water partition coefficient (Wildman–Crippen LogP) is 2.94. The van der Waals surface area contributed by atoms with Gasteiger partial charge in [0.2, 0.25) is 0 Å². The number of imidazole rings is 1. The summed E-state index contributed by atoms with van der Waals surface area (Å²) in [6.07, 6.45) is -1.96. The van der Waals surface area contributed by atoms with Gasteiger partial charge >= 0.3 is 6.36 Å². The van der Waals surface area contributed by atoms with Gasteiger partial charge in [0.1, 0.15) is 5.75 Å². The van der Waals surface area contributed by atoms with E-state index in [4.69, 9.17) is 9.47 Å². The lowest BCUT2D eigenvalue weighted by molar-refractivity contribution is -0.274. The van der Waals surface area contributed by atoms with E-state index in [1.807, 2.05) is 0 Å². The molecule has 2 heterocycles. The highest BCUT2D eigenvalue weighted by Gasteiger charge is 2.31. The largest absolute Gasteiger partial charge is 0.573 e. The van der Waals surface area contributed by atoms with Gasteiger partial charge in [-0.15, -0.1) is 13.2 Å². The Morgan fingerprint density at radius 1 is 1.15 bits per heavy atom. The lowest BCUT2D eigenvalue weighted by Gasteiger charge is -2.19. The highest BCUT2D eigenvalue weighted by atomic mass is 32.2. The summed E-state index contributed by atoms with van der Waals surface area (Å²) >= 11 is 0. The minimum Gasteiger partial charge on any atom is -0.493 e. The van der Waals surface area contributed by atoms with Gasteiger partial charge in [-0.1, -0.05) is 0 Å². The number of hydrogen-bond donors (Lipinski definition) is 2. The van der Waals surface area contributed by atoms with Gasteiger partial charge in [0, 0.05) is 24.6 Å². The van der Waals surface area contributed by atoms with Gasteiger partial charge in [-0.2, -0.15) is 0 Å². The fourth-order valence-electron chi connectivity index (χ4n) is 2.55. The van der Waals surface area contributed by atoms with Crippen molar-refractivity contribution in [3.63, 3.8) is 0 Å². The first-order valence-corrected chi connectivity index (χ1v) is 9.72. The molecule has 0 spiro atoms. The molecule has 146 valence electrons. The van der Waals surface area contributed by atoms with Crippen LogP contribution in [0.2, 0.25) is 0 Å². The van der Waals surface area contributed by atoms with Crippen molar-refractivity contribution in [3.05, 3.63) is 30.5 Å². The van der Waals surface area contributed by atoms with E-state index in [0.717, 1.165) is 12.1 Å². The van der Waals surface area contributed by atoms with Crippen LogP contribution in [-0.4, -0.2) is 46.0 Å². The van der Waals surface area contributed by atoms with E-state index < -0.39 is 22.0 Å². The highest BCUT2D eigenvalue weighted by Crippen LogP contribution is 2.37. The van der Waals surface area contributed by atoms with E-state index in [1.54, 1.807) is 6.07 Å². The second-order valence-electron chi connectivity index (χ2n) is 5.58. The summed E-state index contributed by atoms with van der Waals surface area (Å²) in [6, 6.07) is 5.17. The van der Waals surface area contributed by atoms with Gasteiger partial charge in [-0.3, -0.25) is 4.21 Å². The molecule has 3 aromatic rings. The third kappa shape index (κ3) is 3.68. The third-order valence-corrected chi connectivity index (χ3v) is 5.90. The van der Waals surface area contributed by atoms with Gasteiger partial charge in [0.05, 0.1) is 25.3 Å². The molecule has 0 saturated carbocycles. The number of hydrogen-bond acceptors (Lipinski definition) is 6. The number of methoxy groups -OCH3 is 2. The van der Waals surface area contributed by atoms with Gasteiger partial charge in [0.15, 0.2) is 21.7 Å². The Balaban J connectivity index is 2.07. The summed E-state index contributed by atoms with van der Waals surface area (Å²) in [6.45, 7) is 0. The number of halogens is 3. The Bertz CT molecular complexity index is 1040. The first kappa shape index (κ1) is 19.0. The first-order valence-electron chi connectivity index (χ1n) is 7.57. The molecular formula is C16H16F3N3O4S. The van der Waals surface area contributed by atoms with Crippen molar-refractivity contribution in [1.82, 2.24) is 15.0 Å². The number of rotatable bonds is 5. The van der Waals surface area contributed by atoms with E-state index in [1.165, 1.54) is 32.7 Å². The van der Waals surface area contributed by atoms with E-state index in [9.17, 15) is 17.4 Å². The van der Waals surface area contributed by atoms with Crippen LogP contribution in [0, 0.1) is 0 Å². The molecule has 0 amide bonds. The number of H-pyrrole nitrogens is 1. The standard InChI is InChI=1S/C16H16F3N3O4S/c1-24-12-6-7-20-14(13(12)25-2)27(3,23)15-21-10-5-4-9(8-11(10)22-15)26-16(17,18)19/h4-8,27H,1-3H3,(H,21,22). The topological polar surface area (TPSA) is 86.3 Å². The van der Waals surface area contributed by atoms with Crippen LogP contribution in [0.5, 0.6) is 17.2 Å². The van der Waals surface area contributed by atoms with Crippen molar-refractivity contribution in [2.24, 2.45) is 0 Å². The Morgan fingerprint density at radius 2 is 1.89 bits per heavy atom. The minimum atomic E-state index is -4.81. The Hall–Kier alpha value is -2.82. The SMILES string of the molecule is COc1ccnc([SH](C)(=O)c2nc3cc(OC(F)(F)F)ccc3[nH]2)c1OC. The van der Waals surface area contributed by atoms with Gasteiger partial charge in [-0.05, 0) is 22.1 Å². The number of aromatic amines is 1. The summed E-state index contributed by atoms with van der Waals surface area (Å²) in [5.74, 6) is 0.130. The fourth-order valence-corrected chi connectivity index (χ4v) is 4.26. The lowest BCUT2D eigenvalue weighted by atomic mass is 10.3. The molecule has 0 fully saturated rings. The fraction of sp³-hybridized carbons (Fsp3) is 0.250. The highest BCUT2D eigenvalue weighted by molar-refractivity contribution is 8.02. The molecule has 0 bridgehead atoms. The molecular weight excluding hydrogens is 387 g/mol.